The lowest BCUT2D eigenvalue weighted by Gasteiger charge is -2.11. The monoisotopic (exact) mass is 406 g/mol. The van der Waals surface area contributed by atoms with E-state index in [0.29, 0.717) is 17.9 Å². The van der Waals surface area contributed by atoms with Crippen molar-refractivity contribution >= 4 is 23.4 Å². The van der Waals surface area contributed by atoms with Gasteiger partial charge in [0.2, 0.25) is 0 Å². The van der Waals surface area contributed by atoms with Crippen LogP contribution in [0.1, 0.15) is 6.42 Å². The summed E-state index contributed by atoms with van der Waals surface area (Å²) in [6.07, 6.45) is 0.346. The fraction of sp³-hybridized carbons (Fsp3) is 0.200. The van der Waals surface area contributed by atoms with Gasteiger partial charge in [0.1, 0.15) is 17.3 Å². The lowest BCUT2D eigenvalue weighted by molar-refractivity contribution is -0.123. The molecule has 0 heterocycles. The van der Waals surface area contributed by atoms with Crippen molar-refractivity contribution in [2.45, 2.75) is 6.42 Å². The van der Waals surface area contributed by atoms with E-state index in [-0.39, 0.29) is 42.3 Å². The molecule has 0 aliphatic carbocycles. The van der Waals surface area contributed by atoms with Gasteiger partial charge in [-0.05, 0) is 24.3 Å². The summed E-state index contributed by atoms with van der Waals surface area (Å²) in [4.78, 5) is 23.5. The molecule has 0 unspecified atom stereocenters. The molecule has 0 aromatic heterocycles. The number of para-hydroxylation sites is 1. The molecule has 0 bridgehead atoms. The SMILES string of the molecule is C=C(CCNC(=O)COc1ccc(Cl)c(F)c1)NC(=O)COc1ccccc1. The molecule has 0 fully saturated rings. The highest BCUT2D eigenvalue weighted by molar-refractivity contribution is 6.30. The minimum atomic E-state index is -0.622. The van der Waals surface area contributed by atoms with Gasteiger partial charge in [-0.2, -0.15) is 0 Å². The van der Waals surface area contributed by atoms with Gasteiger partial charge in [0.15, 0.2) is 13.2 Å². The molecule has 0 aliphatic rings. The van der Waals surface area contributed by atoms with Gasteiger partial charge in [0.25, 0.3) is 11.8 Å². The lowest BCUT2D eigenvalue weighted by atomic mass is 10.3. The fourth-order valence-corrected chi connectivity index (χ4v) is 2.20. The van der Waals surface area contributed by atoms with Gasteiger partial charge in [-0.3, -0.25) is 9.59 Å². The fourth-order valence-electron chi connectivity index (χ4n) is 2.08. The van der Waals surface area contributed by atoms with Crippen molar-refractivity contribution in [3.8, 4) is 11.5 Å². The molecule has 0 radical (unpaired) electrons. The zero-order valence-corrected chi connectivity index (χ0v) is 15.8. The molecule has 28 heavy (non-hydrogen) atoms. The number of halogens is 2. The van der Waals surface area contributed by atoms with Crippen LogP contribution in [-0.2, 0) is 9.59 Å². The normalized spacial score (nSPS) is 10.1. The van der Waals surface area contributed by atoms with Gasteiger partial charge in [-0.25, -0.2) is 4.39 Å². The van der Waals surface area contributed by atoms with Crippen LogP contribution in [0, 0.1) is 5.82 Å². The number of hydrogen-bond acceptors (Lipinski definition) is 4. The molecule has 0 saturated carbocycles. The van der Waals surface area contributed by atoms with E-state index in [2.05, 4.69) is 17.2 Å². The third kappa shape index (κ3) is 7.67. The zero-order valence-electron chi connectivity index (χ0n) is 15.0. The van der Waals surface area contributed by atoms with E-state index in [4.69, 9.17) is 21.1 Å². The van der Waals surface area contributed by atoms with Crippen molar-refractivity contribution in [1.82, 2.24) is 10.6 Å². The Morgan fingerprint density at radius 2 is 1.68 bits per heavy atom. The molecule has 2 N–H and O–H groups in total. The summed E-state index contributed by atoms with van der Waals surface area (Å²) < 4.78 is 23.8. The van der Waals surface area contributed by atoms with E-state index in [0.717, 1.165) is 6.07 Å². The van der Waals surface area contributed by atoms with Crippen molar-refractivity contribution in [2.75, 3.05) is 19.8 Å². The third-order valence-corrected chi connectivity index (χ3v) is 3.75. The summed E-state index contributed by atoms with van der Waals surface area (Å²) in [7, 11) is 0. The Morgan fingerprint density at radius 1 is 1.00 bits per heavy atom. The van der Waals surface area contributed by atoms with Crippen molar-refractivity contribution in [3.05, 3.63) is 71.6 Å². The number of benzene rings is 2. The van der Waals surface area contributed by atoms with Crippen LogP contribution in [0.5, 0.6) is 11.5 Å². The Kier molecular flexibility index (Phi) is 8.30. The first-order chi connectivity index (χ1) is 13.4. The maximum absolute atomic E-state index is 13.3. The van der Waals surface area contributed by atoms with Crippen LogP contribution >= 0.6 is 11.6 Å². The van der Waals surface area contributed by atoms with E-state index in [9.17, 15) is 14.0 Å². The Hall–Kier alpha value is -3.06. The van der Waals surface area contributed by atoms with Gasteiger partial charge in [-0.15, -0.1) is 0 Å². The smallest absolute Gasteiger partial charge is 0.262 e. The predicted octanol–water partition coefficient (Wildman–Crippen LogP) is 3.07. The highest BCUT2D eigenvalue weighted by Crippen LogP contribution is 2.20. The van der Waals surface area contributed by atoms with Crippen LogP contribution in [0.2, 0.25) is 5.02 Å². The molecule has 0 saturated heterocycles. The molecular formula is C20H20ClFN2O4. The second kappa shape index (κ2) is 10.9. The minimum absolute atomic E-state index is 0.0217. The topological polar surface area (TPSA) is 76.7 Å². The minimum Gasteiger partial charge on any atom is -0.484 e. The highest BCUT2D eigenvalue weighted by Gasteiger charge is 2.07. The molecule has 6 nitrogen and oxygen atoms in total. The number of amides is 2. The standard InChI is InChI=1S/C20H20ClFN2O4/c1-14(24-20(26)13-27-15-5-3-2-4-6-15)9-10-23-19(25)12-28-16-7-8-17(21)18(22)11-16/h2-8,11H,1,9-10,12-13H2,(H,23,25)(H,24,26). The lowest BCUT2D eigenvalue weighted by Crippen LogP contribution is -2.32. The Morgan fingerprint density at radius 3 is 2.39 bits per heavy atom. The van der Waals surface area contributed by atoms with E-state index >= 15 is 0 Å². The average molecular weight is 407 g/mol. The first kappa shape index (κ1) is 21.2. The first-order valence-electron chi connectivity index (χ1n) is 8.44. The maximum atomic E-state index is 13.3. The summed E-state index contributed by atoms with van der Waals surface area (Å²) in [5.74, 6) is -0.554. The van der Waals surface area contributed by atoms with Gasteiger partial charge in [0.05, 0.1) is 5.02 Å². The van der Waals surface area contributed by atoms with Crippen LogP contribution in [0.25, 0.3) is 0 Å². The molecule has 2 aromatic rings. The summed E-state index contributed by atoms with van der Waals surface area (Å²) in [5.41, 5.74) is 0.447. The summed E-state index contributed by atoms with van der Waals surface area (Å²) in [5, 5.41) is 5.19. The number of carbonyl (C=O) groups is 2. The Bertz CT molecular complexity index is 830. The molecule has 2 amide bonds. The molecule has 148 valence electrons. The summed E-state index contributed by atoms with van der Waals surface area (Å²) in [6.45, 7) is 3.58. The van der Waals surface area contributed by atoms with Gasteiger partial charge >= 0.3 is 0 Å². The van der Waals surface area contributed by atoms with Crippen LogP contribution in [0.4, 0.5) is 4.39 Å². The second-order valence-corrected chi connectivity index (χ2v) is 6.13. The number of carbonyl (C=O) groups excluding carboxylic acids is 2. The second-order valence-electron chi connectivity index (χ2n) is 5.72. The maximum Gasteiger partial charge on any atom is 0.262 e. The van der Waals surface area contributed by atoms with Crippen molar-refractivity contribution in [3.63, 3.8) is 0 Å². The number of hydrogen-bond donors (Lipinski definition) is 2. The average Bonchev–Trinajstić information content (AvgIpc) is 2.68. The van der Waals surface area contributed by atoms with Crippen molar-refractivity contribution in [1.29, 1.82) is 0 Å². The van der Waals surface area contributed by atoms with E-state index in [1.807, 2.05) is 18.2 Å². The van der Waals surface area contributed by atoms with Crippen LogP contribution in [-0.4, -0.2) is 31.6 Å². The van der Waals surface area contributed by atoms with Crippen LogP contribution < -0.4 is 20.1 Å². The number of rotatable bonds is 10. The molecule has 0 atom stereocenters. The van der Waals surface area contributed by atoms with Crippen LogP contribution in [0.3, 0.4) is 0 Å². The summed E-state index contributed by atoms with van der Waals surface area (Å²) in [6, 6.07) is 12.9. The van der Waals surface area contributed by atoms with Gasteiger partial charge < -0.3 is 20.1 Å². The number of nitrogens with one attached hydrogen (secondary N) is 2. The van der Waals surface area contributed by atoms with E-state index < -0.39 is 5.82 Å². The molecule has 8 heteroatoms. The van der Waals surface area contributed by atoms with Crippen molar-refractivity contribution in [2.24, 2.45) is 0 Å². The molecule has 2 rings (SSSR count). The van der Waals surface area contributed by atoms with Gasteiger partial charge in [0, 0.05) is 24.7 Å². The first-order valence-corrected chi connectivity index (χ1v) is 8.82. The quantitative estimate of drug-likeness (QED) is 0.635. The predicted molar refractivity (Wildman–Crippen MR) is 104 cm³/mol. The largest absolute Gasteiger partial charge is 0.484 e. The van der Waals surface area contributed by atoms with E-state index in [1.165, 1.54) is 12.1 Å². The van der Waals surface area contributed by atoms with Crippen molar-refractivity contribution < 1.29 is 23.5 Å². The van der Waals surface area contributed by atoms with Gasteiger partial charge in [-0.1, -0.05) is 36.4 Å². The molecule has 0 spiro atoms. The molecule has 2 aromatic carbocycles. The Balaban J connectivity index is 1.59. The Labute approximate surface area is 167 Å². The molecule has 0 aliphatic heterocycles. The molecular weight excluding hydrogens is 387 g/mol. The zero-order chi connectivity index (χ0) is 20.4. The summed E-state index contributed by atoms with van der Waals surface area (Å²) >= 11 is 5.57. The highest BCUT2D eigenvalue weighted by atomic mass is 35.5. The third-order valence-electron chi connectivity index (χ3n) is 3.44. The van der Waals surface area contributed by atoms with Crippen LogP contribution in [0.15, 0.2) is 60.8 Å². The number of ether oxygens (including phenoxy) is 2. The van der Waals surface area contributed by atoms with E-state index in [1.54, 1.807) is 12.1 Å².